The van der Waals surface area contributed by atoms with Crippen molar-refractivity contribution in [1.29, 1.82) is 0 Å². The van der Waals surface area contributed by atoms with E-state index in [0.717, 1.165) is 12.8 Å². The summed E-state index contributed by atoms with van der Waals surface area (Å²) in [6.45, 7) is 4.32. The van der Waals surface area contributed by atoms with Gasteiger partial charge in [-0.3, -0.25) is 16.3 Å². The molecule has 2 aromatic rings. The smallest absolute Gasteiger partial charge is 0.0637 e. The summed E-state index contributed by atoms with van der Waals surface area (Å²) in [5.41, 5.74) is 6.95. The number of aryl methyl sites for hydroxylation is 3. The molecule has 0 saturated heterocycles. The van der Waals surface area contributed by atoms with Gasteiger partial charge >= 0.3 is 0 Å². The minimum Gasteiger partial charge on any atom is -0.271 e. The molecule has 0 spiro atoms. The van der Waals surface area contributed by atoms with Crippen LogP contribution in [0, 0.1) is 13.8 Å². The highest BCUT2D eigenvalue weighted by Gasteiger charge is 2.32. The van der Waals surface area contributed by atoms with Gasteiger partial charge in [0.2, 0.25) is 0 Å². The van der Waals surface area contributed by atoms with Gasteiger partial charge in [-0.05, 0) is 49.9 Å². The first-order valence-electron chi connectivity index (χ1n) is 6.67. The summed E-state index contributed by atoms with van der Waals surface area (Å²) < 4.78 is 0. The number of nitrogens with two attached hydrogens (primary N) is 1. The van der Waals surface area contributed by atoms with E-state index in [1.54, 1.807) is 0 Å². The van der Waals surface area contributed by atoms with Crippen LogP contribution in [0.4, 0.5) is 0 Å². The molecule has 3 N–H and O–H groups in total. The number of rotatable bonds is 3. The molecule has 3 nitrogen and oxygen atoms in total. The van der Waals surface area contributed by atoms with Crippen molar-refractivity contribution in [3.63, 3.8) is 0 Å². The lowest BCUT2D eigenvalue weighted by Crippen LogP contribution is -2.31. The predicted molar refractivity (Wildman–Crippen MR) is 79.2 cm³/mol. The van der Waals surface area contributed by atoms with Gasteiger partial charge in [-0.1, -0.05) is 6.07 Å². The Morgan fingerprint density at radius 3 is 3.00 bits per heavy atom. The minimum absolute atomic E-state index is 0.175. The quantitative estimate of drug-likeness (QED) is 0.667. The summed E-state index contributed by atoms with van der Waals surface area (Å²) in [5, 5.41) is 0. The van der Waals surface area contributed by atoms with Crippen LogP contribution in [0.15, 0.2) is 24.4 Å². The highest BCUT2D eigenvalue weighted by Crippen LogP contribution is 2.42. The topological polar surface area (TPSA) is 50.9 Å². The maximum Gasteiger partial charge on any atom is 0.0637 e. The van der Waals surface area contributed by atoms with Gasteiger partial charge in [0.15, 0.2) is 0 Å². The van der Waals surface area contributed by atoms with E-state index in [2.05, 4.69) is 36.4 Å². The molecule has 4 heteroatoms. The van der Waals surface area contributed by atoms with Gasteiger partial charge in [0.05, 0.1) is 6.04 Å². The zero-order valence-corrected chi connectivity index (χ0v) is 12.1. The van der Waals surface area contributed by atoms with Crippen molar-refractivity contribution in [3.8, 4) is 0 Å². The van der Waals surface area contributed by atoms with Crippen LogP contribution >= 0.6 is 11.3 Å². The maximum absolute atomic E-state index is 5.83. The first kappa shape index (κ1) is 12.8. The van der Waals surface area contributed by atoms with Crippen LogP contribution < -0.4 is 11.3 Å². The number of hydrogen-bond donors (Lipinski definition) is 2. The highest BCUT2D eigenvalue weighted by molar-refractivity contribution is 7.12. The van der Waals surface area contributed by atoms with Gasteiger partial charge in [0, 0.05) is 27.6 Å². The number of pyridine rings is 1. The molecular formula is C15H19N3S. The molecule has 2 aromatic heterocycles. The molecule has 2 unspecified atom stereocenters. The lowest BCUT2D eigenvalue weighted by molar-refractivity contribution is 0.453. The van der Waals surface area contributed by atoms with Gasteiger partial charge in [-0.2, -0.15) is 0 Å². The molecule has 2 heterocycles. The van der Waals surface area contributed by atoms with Gasteiger partial charge < -0.3 is 0 Å². The Hall–Kier alpha value is -1.23. The third-order valence-electron chi connectivity index (χ3n) is 4.08. The van der Waals surface area contributed by atoms with Gasteiger partial charge in [0.25, 0.3) is 0 Å². The summed E-state index contributed by atoms with van der Waals surface area (Å²) in [5.74, 6) is 6.22. The molecular weight excluding hydrogens is 254 g/mol. The zero-order chi connectivity index (χ0) is 13.4. The van der Waals surface area contributed by atoms with Gasteiger partial charge in [0.1, 0.15) is 0 Å². The number of aromatic nitrogens is 1. The van der Waals surface area contributed by atoms with Crippen molar-refractivity contribution < 1.29 is 0 Å². The highest BCUT2D eigenvalue weighted by atomic mass is 32.1. The second-order valence-electron chi connectivity index (χ2n) is 5.23. The molecule has 19 heavy (non-hydrogen) atoms. The van der Waals surface area contributed by atoms with E-state index in [0.29, 0.717) is 5.92 Å². The van der Waals surface area contributed by atoms with Gasteiger partial charge in [-0.15, -0.1) is 11.3 Å². The van der Waals surface area contributed by atoms with E-state index < -0.39 is 0 Å². The maximum atomic E-state index is 5.83. The fourth-order valence-corrected chi connectivity index (χ4v) is 4.09. The van der Waals surface area contributed by atoms with Crippen LogP contribution in [-0.4, -0.2) is 4.98 Å². The van der Waals surface area contributed by atoms with Crippen LogP contribution in [0.3, 0.4) is 0 Å². The number of fused-ring (bicyclic) bond motifs is 1. The fourth-order valence-electron chi connectivity index (χ4n) is 2.92. The third-order valence-corrected chi connectivity index (χ3v) is 5.31. The van der Waals surface area contributed by atoms with Crippen LogP contribution in [0.5, 0.6) is 0 Å². The molecule has 0 bridgehead atoms. The Balaban J connectivity index is 1.96. The SMILES string of the molecule is Cc1cc(C(NN)C2CCc3cccnc32)sc1C. The van der Waals surface area contributed by atoms with Crippen molar-refractivity contribution in [2.45, 2.75) is 38.6 Å². The lowest BCUT2D eigenvalue weighted by Gasteiger charge is -2.21. The van der Waals surface area contributed by atoms with E-state index in [-0.39, 0.29) is 6.04 Å². The predicted octanol–water partition coefficient (Wildman–Crippen LogP) is 2.99. The van der Waals surface area contributed by atoms with Gasteiger partial charge in [-0.25, -0.2) is 0 Å². The normalized spacial score (nSPS) is 19.4. The first-order chi connectivity index (χ1) is 9.20. The molecule has 0 aliphatic heterocycles. The number of nitrogens with zero attached hydrogens (tertiary/aromatic N) is 1. The monoisotopic (exact) mass is 273 g/mol. The molecule has 3 rings (SSSR count). The van der Waals surface area contributed by atoms with Crippen LogP contribution in [0.25, 0.3) is 0 Å². The van der Waals surface area contributed by atoms with Crippen molar-refractivity contribution in [2.75, 3.05) is 0 Å². The van der Waals surface area contributed by atoms with Crippen molar-refractivity contribution in [3.05, 3.63) is 51.0 Å². The molecule has 2 atom stereocenters. The van der Waals surface area contributed by atoms with Crippen molar-refractivity contribution in [2.24, 2.45) is 5.84 Å². The Labute approximate surface area is 117 Å². The molecule has 0 aromatic carbocycles. The fraction of sp³-hybridized carbons (Fsp3) is 0.400. The first-order valence-corrected chi connectivity index (χ1v) is 7.49. The Bertz CT molecular complexity index is 571. The second kappa shape index (κ2) is 5.04. The largest absolute Gasteiger partial charge is 0.271 e. The molecule has 100 valence electrons. The average molecular weight is 273 g/mol. The van der Waals surface area contributed by atoms with E-state index in [1.807, 2.05) is 23.6 Å². The van der Waals surface area contributed by atoms with E-state index in [1.165, 1.54) is 26.6 Å². The van der Waals surface area contributed by atoms with Crippen molar-refractivity contribution in [1.82, 2.24) is 10.4 Å². The molecule has 0 radical (unpaired) electrons. The molecule has 0 amide bonds. The summed E-state index contributed by atoms with van der Waals surface area (Å²) >= 11 is 1.84. The summed E-state index contributed by atoms with van der Waals surface area (Å²) in [6.07, 6.45) is 4.11. The summed E-state index contributed by atoms with van der Waals surface area (Å²) in [6, 6.07) is 6.63. The zero-order valence-electron chi connectivity index (χ0n) is 11.3. The lowest BCUT2D eigenvalue weighted by atomic mass is 9.96. The number of hydrogen-bond acceptors (Lipinski definition) is 4. The number of thiophene rings is 1. The van der Waals surface area contributed by atoms with E-state index in [4.69, 9.17) is 5.84 Å². The van der Waals surface area contributed by atoms with E-state index in [9.17, 15) is 0 Å². The molecule has 1 aliphatic carbocycles. The van der Waals surface area contributed by atoms with Crippen LogP contribution in [0.2, 0.25) is 0 Å². The van der Waals surface area contributed by atoms with Crippen LogP contribution in [-0.2, 0) is 6.42 Å². The van der Waals surface area contributed by atoms with E-state index >= 15 is 0 Å². The third kappa shape index (κ3) is 2.20. The Morgan fingerprint density at radius 1 is 1.47 bits per heavy atom. The number of hydrazine groups is 1. The summed E-state index contributed by atoms with van der Waals surface area (Å²) in [7, 11) is 0. The minimum atomic E-state index is 0.175. The Morgan fingerprint density at radius 2 is 2.32 bits per heavy atom. The second-order valence-corrected chi connectivity index (χ2v) is 6.51. The van der Waals surface area contributed by atoms with Crippen LogP contribution in [0.1, 0.15) is 45.0 Å². The average Bonchev–Trinajstić information content (AvgIpc) is 2.97. The molecule has 1 aliphatic rings. The number of nitrogens with one attached hydrogen (secondary N) is 1. The standard InChI is InChI=1S/C15H19N3S/c1-9-8-13(19-10(9)2)15(18-16)12-6-5-11-4-3-7-17-14(11)12/h3-4,7-8,12,15,18H,5-6,16H2,1-2H3. The molecule has 0 saturated carbocycles. The van der Waals surface area contributed by atoms with Crippen molar-refractivity contribution >= 4 is 11.3 Å². The summed E-state index contributed by atoms with van der Waals surface area (Å²) in [4.78, 5) is 7.26. The molecule has 0 fully saturated rings. The Kier molecular flexibility index (Phi) is 3.39.